The average molecular weight is 334 g/mol. The van der Waals surface area contributed by atoms with E-state index in [1.807, 2.05) is 0 Å². The average Bonchev–Trinajstić information content (AvgIpc) is 2.52. The molecule has 1 amide bonds. The highest BCUT2D eigenvalue weighted by molar-refractivity contribution is 7.70. The standard InChI is InChI=1S/C17H23N2O3P/c1-4-9-18-16-6-5-14(23(2,3)21)12-15(16)17(20)19-13-7-10-22-11-8-13/h1,5-6,12-13,18H,7-11H2,2-3H3,(H,19,20). The summed E-state index contributed by atoms with van der Waals surface area (Å²) in [7, 11) is -2.44. The van der Waals surface area contributed by atoms with Crippen molar-refractivity contribution < 1.29 is 14.1 Å². The van der Waals surface area contributed by atoms with Crippen molar-refractivity contribution in [2.24, 2.45) is 0 Å². The minimum atomic E-state index is -2.44. The lowest BCUT2D eigenvalue weighted by atomic mass is 10.1. The van der Waals surface area contributed by atoms with E-state index in [4.69, 9.17) is 11.2 Å². The third kappa shape index (κ3) is 4.86. The first kappa shape index (κ1) is 17.6. The van der Waals surface area contributed by atoms with Gasteiger partial charge in [0.25, 0.3) is 5.91 Å². The lowest BCUT2D eigenvalue weighted by Gasteiger charge is -2.24. The van der Waals surface area contributed by atoms with E-state index in [1.165, 1.54) is 0 Å². The molecule has 1 saturated heterocycles. The number of terminal acetylenes is 1. The second kappa shape index (κ2) is 7.68. The van der Waals surface area contributed by atoms with E-state index in [0.717, 1.165) is 12.8 Å². The first-order chi connectivity index (χ1) is 10.9. The van der Waals surface area contributed by atoms with Crippen LogP contribution >= 0.6 is 7.14 Å². The van der Waals surface area contributed by atoms with Crippen LogP contribution in [0.5, 0.6) is 0 Å². The first-order valence-electron chi connectivity index (χ1n) is 7.67. The summed E-state index contributed by atoms with van der Waals surface area (Å²) in [6.07, 6.45) is 6.89. The van der Waals surface area contributed by atoms with Crippen molar-refractivity contribution >= 4 is 24.0 Å². The molecule has 0 bridgehead atoms. The quantitative estimate of drug-likeness (QED) is 0.637. The van der Waals surface area contributed by atoms with Gasteiger partial charge in [0.05, 0.1) is 12.1 Å². The number of ether oxygens (including phenoxy) is 1. The van der Waals surface area contributed by atoms with Crippen LogP contribution in [0.4, 0.5) is 5.69 Å². The molecule has 0 unspecified atom stereocenters. The van der Waals surface area contributed by atoms with Crippen molar-refractivity contribution in [1.82, 2.24) is 5.32 Å². The molecule has 0 saturated carbocycles. The van der Waals surface area contributed by atoms with Crippen molar-refractivity contribution in [2.45, 2.75) is 18.9 Å². The molecule has 1 aliphatic heterocycles. The van der Waals surface area contributed by atoms with Gasteiger partial charge in [0.1, 0.15) is 7.14 Å². The monoisotopic (exact) mass is 334 g/mol. The zero-order valence-corrected chi connectivity index (χ0v) is 14.5. The van der Waals surface area contributed by atoms with Crippen LogP contribution in [-0.4, -0.2) is 45.0 Å². The molecule has 1 heterocycles. The summed E-state index contributed by atoms with van der Waals surface area (Å²) in [5.41, 5.74) is 1.14. The Labute approximate surface area is 137 Å². The SMILES string of the molecule is C#CCNc1ccc(P(C)(C)=O)cc1C(=O)NC1CCOCC1. The number of hydrogen-bond acceptors (Lipinski definition) is 4. The smallest absolute Gasteiger partial charge is 0.253 e. The zero-order valence-electron chi connectivity index (χ0n) is 13.6. The predicted molar refractivity (Wildman–Crippen MR) is 94.2 cm³/mol. The first-order valence-corrected chi connectivity index (χ1v) is 10.3. The third-order valence-corrected chi connectivity index (χ3v) is 5.33. The normalized spacial score (nSPS) is 15.7. The Kier molecular flexibility index (Phi) is 5.87. The molecular weight excluding hydrogens is 311 g/mol. The summed E-state index contributed by atoms with van der Waals surface area (Å²) >= 11 is 0. The fourth-order valence-corrected chi connectivity index (χ4v) is 3.33. The van der Waals surface area contributed by atoms with Crippen molar-refractivity contribution in [2.75, 3.05) is 38.4 Å². The zero-order chi connectivity index (χ0) is 16.9. The van der Waals surface area contributed by atoms with Crippen LogP contribution in [-0.2, 0) is 9.30 Å². The fourth-order valence-electron chi connectivity index (χ4n) is 2.46. The highest BCUT2D eigenvalue weighted by Crippen LogP contribution is 2.35. The van der Waals surface area contributed by atoms with Gasteiger partial charge in [0, 0.05) is 30.2 Å². The molecule has 2 N–H and O–H groups in total. The van der Waals surface area contributed by atoms with Gasteiger partial charge in [-0.3, -0.25) is 4.79 Å². The maximum Gasteiger partial charge on any atom is 0.253 e. The van der Waals surface area contributed by atoms with E-state index in [9.17, 15) is 9.36 Å². The van der Waals surface area contributed by atoms with Crippen LogP contribution in [0.3, 0.4) is 0 Å². The lowest BCUT2D eigenvalue weighted by molar-refractivity contribution is 0.0697. The summed E-state index contributed by atoms with van der Waals surface area (Å²) in [5.74, 6) is 2.32. The number of amides is 1. The van der Waals surface area contributed by atoms with Crippen LogP contribution in [0.25, 0.3) is 0 Å². The summed E-state index contributed by atoms with van der Waals surface area (Å²) in [4.78, 5) is 12.6. The topological polar surface area (TPSA) is 67.4 Å². The van der Waals surface area contributed by atoms with E-state index in [2.05, 4.69) is 16.6 Å². The molecule has 0 spiro atoms. The number of hydrogen-bond donors (Lipinski definition) is 2. The van der Waals surface area contributed by atoms with E-state index < -0.39 is 7.14 Å². The maximum absolute atomic E-state index is 12.6. The Morgan fingerprint density at radius 1 is 1.39 bits per heavy atom. The molecule has 0 radical (unpaired) electrons. The fraction of sp³-hybridized carbons (Fsp3) is 0.471. The number of nitrogens with one attached hydrogen (secondary N) is 2. The van der Waals surface area contributed by atoms with Crippen molar-refractivity contribution in [1.29, 1.82) is 0 Å². The Morgan fingerprint density at radius 3 is 2.70 bits per heavy atom. The van der Waals surface area contributed by atoms with Crippen LogP contribution in [0.1, 0.15) is 23.2 Å². The number of carbonyl (C=O) groups excluding carboxylic acids is 1. The summed E-state index contributed by atoms with van der Waals surface area (Å²) < 4.78 is 17.6. The molecule has 2 rings (SSSR count). The molecule has 1 aliphatic rings. The molecule has 124 valence electrons. The van der Waals surface area contributed by atoms with Crippen molar-refractivity contribution in [3.05, 3.63) is 23.8 Å². The summed E-state index contributed by atoms with van der Waals surface area (Å²) in [5, 5.41) is 6.76. The van der Waals surface area contributed by atoms with Gasteiger partial charge >= 0.3 is 0 Å². The van der Waals surface area contributed by atoms with Gasteiger partial charge in [-0.1, -0.05) is 5.92 Å². The maximum atomic E-state index is 12.6. The number of anilines is 1. The molecule has 0 aliphatic carbocycles. The van der Waals surface area contributed by atoms with Crippen LogP contribution in [0.15, 0.2) is 18.2 Å². The van der Waals surface area contributed by atoms with E-state index in [-0.39, 0.29) is 11.9 Å². The van der Waals surface area contributed by atoms with Gasteiger partial charge in [0.15, 0.2) is 0 Å². The Bertz CT molecular complexity index is 654. The van der Waals surface area contributed by atoms with Crippen molar-refractivity contribution in [3.63, 3.8) is 0 Å². The number of rotatable bonds is 5. The molecule has 1 aromatic rings. The Morgan fingerprint density at radius 2 is 2.09 bits per heavy atom. The van der Waals surface area contributed by atoms with E-state index in [1.54, 1.807) is 31.5 Å². The van der Waals surface area contributed by atoms with Gasteiger partial charge in [-0.25, -0.2) is 0 Å². The van der Waals surface area contributed by atoms with Gasteiger partial charge in [-0.05, 0) is 44.4 Å². The molecule has 23 heavy (non-hydrogen) atoms. The number of benzene rings is 1. The Hall–Kier alpha value is -1.76. The largest absolute Gasteiger partial charge is 0.381 e. The van der Waals surface area contributed by atoms with Crippen LogP contribution in [0.2, 0.25) is 0 Å². The third-order valence-electron chi connectivity index (χ3n) is 3.81. The van der Waals surface area contributed by atoms with Gasteiger partial charge < -0.3 is 19.9 Å². The van der Waals surface area contributed by atoms with E-state index >= 15 is 0 Å². The highest BCUT2D eigenvalue weighted by Gasteiger charge is 2.21. The minimum absolute atomic E-state index is 0.107. The molecular formula is C17H23N2O3P. The minimum Gasteiger partial charge on any atom is -0.381 e. The molecule has 0 atom stereocenters. The van der Waals surface area contributed by atoms with Crippen LogP contribution < -0.4 is 15.9 Å². The molecule has 1 aromatic carbocycles. The number of carbonyl (C=O) groups is 1. The summed E-state index contributed by atoms with van der Waals surface area (Å²) in [6.45, 7) is 5.03. The Balaban J connectivity index is 2.26. The molecule has 1 fully saturated rings. The molecule has 0 aromatic heterocycles. The van der Waals surface area contributed by atoms with Crippen molar-refractivity contribution in [3.8, 4) is 12.3 Å². The van der Waals surface area contributed by atoms with Gasteiger partial charge in [-0.15, -0.1) is 6.42 Å². The predicted octanol–water partition coefficient (Wildman–Crippen LogP) is 1.89. The summed E-state index contributed by atoms with van der Waals surface area (Å²) in [6, 6.07) is 5.36. The van der Waals surface area contributed by atoms with Gasteiger partial charge in [-0.2, -0.15) is 0 Å². The lowest BCUT2D eigenvalue weighted by Crippen LogP contribution is -2.39. The van der Waals surface area contributed by atoms with E-state index in [0.29, 0.717) is 36.3 Å². The molecule has 5 nitrogen and oxygen atoms in total. The van der Waals surface area contributed by atoms with Crippen LogP contribution in [0, 0.1) is 12.3 Å². The van der Waals surface area contributed by atoms with Gasteiger partial charge in [0.2, 0.25) is 0 Å². The second-order valence-electron chi connectivity index (χ2n) is 6.00. The second-order valence-corrected chi connectivity index (χ2v) is 9.22. The highest BCUT2D eigenvalue weighted by atomic mass is 31.2. The molecule has 6 heteroatoms.